The summed E-state index contributed by atoms with van der Waals surface area (Å²) in [7, 11) is -1.61. The van der Waals surface area contributed by atoms with E-state index in [4.69, 9.17) is 5.48 Å². The number of pyridine rings is 2. The van der Waals surface area contributed by atoms with E-state index in [-0.39, 0.29) is 31.5 Å². The topological polar surface area (TPSA) is 25.8 Å². The molecule has 2 nitrogen and oxygen atoms in total. The van der Waals surface area contributed by atoms with Crippen molar-refractivity contribution >= 4 is 44.8 Å². The van der Waals surface area contributed by atoms with Gasteiger partial charge in [-0.15, -0.1) is 59.2 Å². The van der Waals surface area contributed by atoms with Crippen LogP contribution in [0.2, 0.25) is 19.6 Å². The molecule has 257 valence electrons. The molecule has 3 heterocycles. The van der Waals surface area contributed by atoms with Crippen LogP contribution in [0.1, 0.15) is 53.0 Å². The van der Waals surface area contributed by atoms with Crippen LogP contribution in [0, 0.1) is 45.6 Å². The molecule has 0 atom stereocenters. The van der Waals surface area contributed by atoms with Gasteiger partial charge < -0.3 is 9.97 Å². The van der Waals surface area contributed by atoms with Gasteiger partial charge in [-0.2, -0.15) is 11.3 Å². The van der Waals surface area contributed by atoms with Crippen LogP contribution >= 0.6 is 11.3 Å². The fraction of sp³-hybridized carbons (Fsp3) is 0.227. The van der Waals surface area contributed by atoms with Gasteiger partial charge >= 0.3 is 0 Å². The third-order valence-corrected chi connectivity index (χ3v) is 12.0. The maximum absolute atomic E-state index is 14.8. The molecule has 0 aliphatic heterocycles. The maximum atomic E-state index is 14.8. The van der Waals surface area contributed by atoms with Crippen LogP contribution in [0.5, 0.6) is 0 Å². The first kappa shape index (κ1) is 32.1. The van der Waals surface area contributed by atoms with Gasteiger partial charge in [0.2, 0.25) is 0 Å². The number of aryl methyl sites for hydroxylation is 4. The Morgan fingerprint density at radius 1 is 0.840 bits per heavy atom. The van der Waals surface area contributed by atoms with Crippen LogP contribution in [-0.2, 0) is 20.1 Å². The molecule has 7 rings (SSSR count). The first-order chi connectivity index (χ1) is 24.8. The minimum Gasteiger partial charge on any atom is -0.305 e. The predicted octanol–water partition coefficient (Wildman–Crippen LogP) is 12.2. The summed E-state index contributed by atoms with van der Waals surface area (Å²) in [5.41, 5.74) is 9.26. The molecule has 0 amide bonds. The van der Waals surface area contributed by atoms with Crippen LogP contribution in [0.4, 0.5) is 4.39 Å². The second-order valence-electron chi connectivity index (χ2n) is 13.9. The Balaban J connectivity index is 0.000000208. The number of rotatable bonds is 5. The normalized spacial score (nSPS) is 13.1. The summed E-state index contributed by atoms with van der Waals surface area (Å²) < 4.78 is 48.0. The van der Waals surface area contributed by atoms with Crippen LogP contribution in [0.3, 0.4) is 0 Å². The molecule has 0 aliphatic carbocycles. The molecular weight excluding hydrogens is 828 g/mol. The summed E-state index contributed by atoms with van der Waals surface area (Å²) in [6, 6.07) is 31.6. The van der Waals surface area contributed by atoms with Crippen LogP contribution in [-0.4, -0.2) is 18.0 Å². The van der Waals surface area contributed by atoms with Gasteiger partial charge in [0.25, 0.3) is 0 Å². The van der Waals surface area contributed by atoms with Gasteiger partial charge in [-0.3, -0.25) is 0 Å². The van der Waals surface area contributed by atoms with E-state index in [2.05, 4.69) is 91.1 Å². The van der Waals surface area contributed by atoms with Crippen LogP contribution in [0.15, 0.2) is 91.3 Å². The van der Waals surface area contributed by atoms with Crippen molar-refractivity contribution in [1.29, 1.82) is 0 Å². The van der Waals surface area contributed by atoms with Crippen molar-refractivity contribution in [2.75, 3.05) is 0 Å². The Morgan fingerprint density at radius 3 is 2.22 bits per heavy atom. The van der Waals surface area contributed by atoms with Gasteiger partial charge in [-0.25, -0.2) is 4.39 Å². The number of hydrogen-bond donors (Lipinski definition) is 0. The van der Waals surface area contributed by atoms with E-state index in [0.29, 0.717) is 5.56 Å². The molecule has 0 saturated carbocycles. The van der Waals surface area contributed by atoms with E-state index in [1.54, 1.807) is 23.5 Å². The van der Waals surface area contributed by atoms with E-state index < -0.39 is 20.8 Å². The van der Waals surface area contributed by atoms with Crippen molar-refractivity contribution in [2.45, 2.75) is 67.0 Å². The molecule has 50 heavy (non-hydrogen) atoms. The summed E-state index contributed by atoms with van der Waals surface area (Å²) in [5.74, 6) is -1.02. The largest absolute Gasteiger partial charge is 0.305 e. The SMILES string of the molecule is Cc1cc(C)c(-c2cc(-c3[c-]ccc4c3sc3ccccc34)ncc2F)c(C)c1.[2H]C([2H])([2H])c1c[c-]c(-c2cc(C([2H])(C)C)c([Si](C)(C)C)cn2)cc1.[Ir]. The minimum atomic E-state index is -2.13. The molecule has 0 N–H and O–H groups in total. The third kappa shape index (κ3) is 7.74. The first-order valence-corrected chi connectivity index (χ1v) is 20.7. The van der Waals surface area contributed by atoms with E-state index in [1.165, 1.54) is 38.5 Å². The maximum Gasteiger partial charge on any atom is 0.147 e. The number of fused-ring (bicyclic) bond motifs is 3. The number of thiophene rings is 1. The minimum absolute atomic E-state index is 0. The van der Waals surface area contributed by atoms with Gasteiger partial charge in [0, 0.05) is 42.0 Å². The molecule has 0 saturated heterocycles. The molecule has 0 aliphatic rings. The molecule has 6 heteroatoms. The summed E-state index contributed by atoms with van der Waals surface area (Å²) >= 11 is 1.73. The zero-order valence-electron chi connectivity index (χ0n) is 33.7. The number of aromatic nitrogens is 2. The predicted molar refractivity (Wildman–Crippen MR) is 211 cm³/mol. The zero-order chi connectivity index (χ0) is 38.5. The molecular formula is C44H43FIrN2SSi-2. The van der Waals surface area contributed by atoms with Gasteiger partial charge in [-0.05, 0) is 76.1 Å². The first-order valence-electron chi connectivity index (χ1n) is 18.4. The van der Waals surface area contributed by atoms with Gasteiger partial charge in [0.1, 0.15) is 5.82 Å². The molecule has 4 aromatic carbocycles. The number of hydrogen-bond acceptors (Lipinski definition) is 3. The zero-order valence-corrected chi connectivity index (χ0v) is 33.9. The Kier molecular flexibility index (Phi) is 9.77. The van der Waals surface area contributed by atoms with Gasteiger partial charge in [-0.1, -0.05) is 99.3 Å². The van der Waals surface area contributed by atoms with Crippen molar-refractivity contribution in [3.63, 3.8) is 0 Å². The monoisotopic (exact) mass is 875 g/mol. The third-order valence-electron chi connectivity index (χ3n) is 8.74. The van der Waals surface area contributed by atoms with E-state index >= 15 is 0 Å². The fourth-order valence-electron chi connectivity index (χ4n) is 6.45. The Morgan fingerprint density at radius 2 is 1.56 bits per heavy atom. The standard InChI is InChI=1S/C26H19FNS.C18H24NSi.Ir/c1-15-11-16(2)25(17(3)12-15)21-13-23(28-14-22(21)27)20-9-6-8-19-18-7-4-5-10-24(18)29-26(19)20;1-13(2)16-11-17(15-9-7-14(3)8-10-15)19-12-18(16)20(4,5)6;/h4-8,10-14H,1-3H3;7-9,11-13H,1-6H3;/q2*-1;/i;3D3,13D;. The average Bonchev–Trinajstić information content (AvgIpc) is 3.47. The quantitative estimate of drug-likeness (QED) is 0.127. The molecule has 0 fully saturated rings. The average molecular weight is 875 g/mol. The Labute approximate surface area is 320 Å². The van der Waals surface area contributed by atoms with E-state index in [0.717, 1.165) is 49.5 Å². The van der Waals surface area contributed by atoms with Crippen molar-refractivity contribution in [3.8, 4) is 33.6 Å². The number of nitrogens with zero attached hydrogens (tertiary/aromatic N) is 2. The molecule has 7 aromatic rings. The summed E-state index contributed by atoms with van der Waals surface area (Å²) in [5, 5.41) is 3.61. The number of benzene rings is 4. The molecule has 0 spiro atoms. The van der Waals surface area contributed by atoms with Crippen molar-refractivity contribution in [2.24, 2.45) is 0 Å². The fourth-order valence-corrected chi connectivity index (χ4v) is 9.24. The molecule has 0 bridgehead atoms. The van der Waals surface area contributed by atoms with E-state index in [1.807, 2.05) is 52.1 Å². The molecule has 1 radical (unpaired) electrons. The van der Waals surface area contributed by atoms with Crippen LogP contribution in [0.25, 0.3) is 53.8 Å². The van der Waals surface area contributed by atoms with Gasteiger partial charge in [0.05, 0.1) is 14.3 Å². The molecule has 3 aromatic heterocycles. The smallest absolute Gasteiger partial charge is 0.147 e. The summed E-state index contributed by atoms with van der Waals surface area (Å²) in [4.78, 5) is 8.99. The number of halogens is 1. The van der Waals surface area contributed by atoms with Crippen molar-refractivity contribution in [3.05, 3.63) is 137 Å². The second-order valence-corrected chi connectivity index (χ2v) is 20.0. The van der Waals surface area contributed by atoms with Crippen molar-refractivity contribution in [1.82, 2.24) is 9.97 Å². The summed E-state index contributed by atoms with van der Waals surface area (Å²) in [6.45, 7) is 14.5. The Bertz CT molecular complexity index is 2440. The van der Waals surface area contributed by atoms with E-state index in [9.17, 15) is 4.39 Å². The van der Waals surface area contributed by atoms with Crippen molar-refractivity contribution < 1.29 is 30.0 Å². The Hall–Kier alpha value is -3.80. The van der Waals surface area contributed by atoms with Crippen LogP contribution < -0.4 is 5.19 Å². The second kappa shape index (κ2) is 15.2. The summed E-state index contributed by atoms with van der Waals surface area (Å²) in [6.07, 6.45) is 3.22. The molecule has 0 unspecified atom stereocenters. The van der Waals surface area contributed by atoms with Gasteiger partial charge in [0.15, 0.2) is 0 Å².